The molecule has 1 heterocycles. The SMILES string of the molecule is CC(C)N1c2ccc(/C=N\NC(=O)c3cccc(Cl)c3)cc2[C@@H](C)CC1(C)C. The van der Waals surface area contributed by atoms with Crippen molar-refractivity contribution in [1.82, 2.24) is 5.43 Å². The Morgan fingerprint density at radius 3 is 2.71 bits per heavy atom. The van der Waals surface area contributed by atoms with Crippen LogP contribution in [0.15, 0.2) is 47.6 Å². The van der Waals surface area contributed by atoms with Crippen molar-refractivity contribution in [3.63, 3.8) is 0 Å². The van der Waals surface area contributed by atoms with Gasteiger partial charge in [-0.15, -0.1) is 0 Å². The molecule has 0 aliphatic carbocycles. The number of nitrogens with zero attached hydrogens (tertiary/aromatic N) is 2. The van der Waals surface area contributed by atoms with E-state index in [1.54, 1.807) is 30.5 Å². The van der Waals surface area contributed by atoms with Gasteiger partial charge < -0.3 is 4.90 Å². The van der Waals surface area contributed by atoms with Gasteiger partial charge in [0.2, 0.25) is 0 Å². The lowest BCUT2D eigenvalue weighted by Crippen LogP contribution is -2.51. The molecule has 5 heteroatoms. The van der Waals surface area contributed by atoms with E-state index in [1.807, 2.05) is 0 Å². The van der Waals surface area contributed by atoms with Gasteiger partial charge in [-0.1, -0.05) is 30.7 Å². The number of carbonyl (C=O) groups is 1. The monoisotopic (exact) mass is 397 g/mol. The van der Waals surface area contributed by atoms with Gasteiger partial charge in [0.05, 0.1) is 6.21 Å². The Morgan fingerprint density at radius 1 is 1.29 bits per heavy atom. The first-order valence-corrected chi connectivity index (χ1v) is 10.1. The third-order valence-corrected chi connectivity index (χ3v) is 5.52. The molecule has 0 saturated heterocycles. The molecule has 4 nitrogen and oxygen atoms in total. The standard InChI is InChI=1S/C23H28ClN3O/c1-15(2)27-21-10-9-17(11-20(21)16(3)13-23(27,4)5)14-25-26-22(28)18-7-6-8-19(24)12-18/h6-12,14-16H,13H2,1-5H3,(H,26,28)/b25-14-/t16-/m0/s1. The molecule has 0 radical (unpaired) electrons. The van der Waals surface area contributed by atoms with Crippen molar-refractivity contribution in [3.8, 4) is 0 Å². The lowest BCUT2D eigenvalue weighted by molar-refractivity contribution is 0.0955. The average molecular weight is 398 g/mol. The van der Waals surface area contributed by atoms with Crippen LogP contribution >= 0.6 is 11.6 Å². The van der Waals surface area contributed by atoms with Crippen molar-refractivity contribution in [3.05, 3.63) is 64.2 Å². The molecule has 1 N–H and O–H groups in total. The van der Waals surface area contributed by atoms with Crippen molar-refractivity contribution in [2.45, 2.75) is 58.5 Å². The number of fused-ring (bicyclic) bond motifs is 1. The van der Waals surface area contributed by atoms with Crippen LogP contribution in [0.3, 0.4) is 0 Å². The fourth-order valence-electron chi connectivity index (χ4n) is 4.39. The van der Waals surface area contributed by atoms with E-state index in [0.29, 0.717) is 22.5 Å². The molecule has 28 heavy (non-hydrogen) atoms. The fourth-order valence-corrected chi connectivity index (χ4v) is 4.58. The number of carbonyl (C=O) groups excluding carboxylic acids is 1. The van der Waals surface area contributed by atoms with E-state index in [4.69, 9.17) is 11.6 Å². The molecule has 0 spiro atoms. The molecule has 1 aliphatic heterocycles. The minimum Gasteiger partial charge on any atom is -0.364 e. The van der Waals surface area contributed by atoms with Gasteiger partial charge in [0.15, 0.2) is 0 Å². The third kappa shape index (κ3) is 4.22. The summed E-state index contributed by atoms with van der Waals surface area (Å²) in [7, 11) is 0. The Labute approximate surface area is 172 Å². The lowest BCUT2D eigenvalue weighted by Gasteiger charge is -2.50. The number of hydrazone groups is 1. The van der Waals surface area contributed by atoms with Crippen LogP contribution < -0.4 is 10.3 Å². The molecule has 1 amide bonds. The Hall–Kier alpha value is -2.33. The molecule has 2 aromatic rings. The molecular formula is C23H28ClN3O. The molecule has 0 fully saturated rings. The highest BCUT2D eigenvalue weighted by atomic mass is 35.5. The fraction of sp³-hybridized carbons (Fsp3) is 0.391. The summed E-state index contributed by atoms with van der Waals surface area (Å²) in [5.41, 5.74) is 6.77. The van der Waals surface area contributed by atoms with Crippen molar-refractivity contribution in [2.24, 2.45) is 5.10 Å². The van der Waals surface area contributed by atoms with Crippen molar-refractivity contribution < 1.29 is 4.79 Å². The zero-order valence-electron chi connectivity index (χ0n) is 17.2. The summed E-state index contributed by atoms with van der Waals surface area (Å²) in [6.45, 7) is 11.4. The topological polar surface area (TPSA) is 44.7 Å². The maximum atomic E-state index is 12.2. The molecule has 0 bridgehead atoms. The first-order chi connectivity index (χ1) is 13.2. The zero-order valence-corrected chi connectivity index (χ0v) is 17.9. The smallest absolute Gasteiger partial charge is 0.271 e. The Kier molecular flexibility index (Phi) is 5.80. The Balaban J connectivity index is 1.79. The number of hydrogen-bond acceptors (Lipinski definition) is 3. The summed E-state index contributed by atoms with van der Waals surface area (Å²) >= 11 is 5.93. The highest BCUT2D eigenvalue weighted by Crippen LogP contribution is 2.44. The number of benzene rings is 2. The Bertz CT molecular complexity index is 904. The van der Waals surface area contributed by atoms with Crippen LogP contribution in [0.1, 0.15) is 68.4 Å². The minimum atomic E-state index is -0.280. The van der Waals surface area contributed by atoms with Gasteiger partial charge in [0, 0.05) is 27.9 Å². The summed E-state index contributed by atoms with van der Waals surface area (Å²) < 4.78 is 0. The lowest BCUT2D eigenvalue weighted by atomic mass is 9.79. The van der Waals surface area contributed by atoms with Crippen LogP contribution in [-0.2, 0) is 0 Å². The van der Waals surface area contributed by atoms with Gasteiger partial charge in [-0.05, 0) is 81.5 Å². The van der Waals surface area contributed by atoms with Gasteiger partial charge in [-0.25, -0.2) is 5.43 Å². The van der Waals surface area contributed by atoms with Gasteiger partial charge >= 0.3 is 0 Å². The summed E-state index contributed by atoms with van der Waals surface area (Å²) in [5.74, 6) is 0.187. The van der Waals surface area contributed by atoms with E-state index in [2.05, 4.69) is 68.2 Å². The maximum Gasteiger partial charge on any atom is 0.271 e. The summed E-state index contributed by atoms with van der Waals surface area (Å²) in [5, 5.41) is 4.65. The molecule has 3 rings (SSSR count). The van der Waals surface area contributed by atoms with Crippen LogP contribution in [0.25, 0.3) is 0 Å². The molecule has 0 unspecified atom stereocenters. The third-order valence-electron chi connectivity index (χ3n) is 5.28. The zero-order chi connectivity index (χ0) is 20.5. The summed E-state index contributed by atoms with van der Waals surface area (Å²) in [6, 6.07) is 13.6. The molecule has 1 atom stereocenters. The molecule has 148 valence electrons. The number of hydrogen-bond donors (Lipinski definition) is 1. The van der Waals surface area contributed by atoms with Crippen LogP contribution in [-0.4, -0.2) is 23.7 Å². The largest absolute Gasteiger partial charge is 0.364 e. The molecule has 1 aliphatic rings. The second-order valence-electron chi connectivity index (χ2n) is 8.41. The summed E-state index contributed by atoms with van der Waals surface area (Å²) in [4.78, 5) is 14.7. The molecule has 0 aromatic heterocycles. The maximum absolute atomic E-state index is 12.2. The van der Waals surface area contributed by atoms with Crippen LogP contribution in [0.5, 0.6) is 0 Å². The van der Waals surface area contributed by atoms with E-state index in [0.717, 1.165) is 12.0 Å². The van der Waals surface area contributed by atoms with E-state index >= 15 is 0 Å². The van der Waals surface area contributed by atoms with Crippen molar-refractivity contribution in [1.29, 1.82) is 0 Å². The second kappa shape index (κ2) is 7.96. The predicted molar refractivity (Wildman–Crippen MR) is 118 cm³/mol. The average Bonchev–Trinajstić information content (AvgIpc) is 2.61. The van der Waals surface area contributed by atoms with E-state index < -0.39 is 0 Å². The highest BCUT2D eigenvalue weighted by molar-refractivity contribution is 6.30. The normalized spacial score (nSPS) is 18.4. The van der Waals surface area contributed by atoms with Crippen LogP contribution in [0.4, 0.5) is 5.69 Å². The quantitative estimate of drug-likeness (QED) is 0.538. The second-order valence-corrected chi connectivity index (χ2v) is 8.85. The molecule has 0 saturated carbocycles. The van der Waals surface area contributed by atoms with E-state index in [-0.39, 0.29) is 11.4 Å². The highest BCUT2D eigenvalue weighted by Gasteiger charge is 2.37. The van der Waals surface area contributed by atoms with E-state index in [1.165, 1.54) is 11.3 Å². The number of nitrogens with one attached hydrogen (secondary N) is 1. The van der Waals surface area contributed by atoms with Crippen LogP contribution in [0.2, 0.25) is 5.02 Å². The first-order valence-electron chi connectivity index (χ1n) is 9.71. The number of halogens is 1. The minimum absolute atomic E-state index is 0.126. The Morgan fingerprint density at radius 2 is 2.04 bits per heavy atom. The van der Waals surface area contributed by atoms with Gasteiger partial charge in [0.1, 0.15) is 0 Å². The van der Waals surface area contributed by atoms with Crippen molar-refractivity contribution in [2.75, 3.05) is 4.90 Å². The number of anilines is 1. The first kappa shape index (κ1) is 20.4. The number of amides is 1. The van der Waals surface area contributed by atoms with Crippen molar-refractivity contribution >= 4 is 29.4 Å². The van der Waals surface area contributed by atoms with Crippen LogP contribution in [0, 0.1) is 0 Å². The van der Waals surface area contributed by atoms with Gasteiger partial charge in [-0.3, -0.25) is 4.79 Å². The molecule has 2 aromatic carbocycles. The van der Waals surface area contributed by atoms with E-state index in [9.17, 15) is 4.79 Å². The summed E-state index contributed by atoms with van der Waals surface area (Å²) in [6.07, 6.45) is 2.79. The van der Waals surface area contributed by atoms with Gasteiger partial charge in [0.25, 0.3) is 5.91 Å². The molecular weight excluding hydrogens is 370 g/mol. The number of rotatable bonds is 4. The van der Waals surface area contributed by atoms with Gasteiger partial charge in [-0.2, -0.15) is 5.10 Å². The predicted octanol–water partition coefficient (Wildman–Crippen LogP) is 5.60.